The molecule has 0 radical (unpaired) electrons. The van der Waals surface area contributed by atoms with E-state index in [9.17, 15) is 4.79 Å². The number of carboxylic acid groups (broad SMARTS) is 1. The summed E-state index contributed by atoms with van der Waals surface area (Å²) in [5.74, 6) is 3.00. The van der Waals surface area contributed by atoms with Crippen LogP contribution in [-0.4, -0.2) is 40.8 Å². The van der Waals surface area contributed by atoms with Crippen LogP contribution in [0.4, 0.5) is 16.2 Å². The minimum atomic E-state index is -1.01. The Kier molecular flexibility index (Phi) is 4.30. The van der Waals surface area contributed by atoms with Gasteiger partial charge < -0.3 is 10.4 Å². The zero-order chi connectivity index (χ0) is 18.4. The van der Waals surface area contributed by atoms with Gasteiger partial charge in [0.25, 0.3) is 0 Å². The second-order valence-corrected chi connectivity index (χ2v) is 9.52. The van der Waals surface area contributed by atoms with Crippen molar-refractivity contribution in [2.75, 3.05) is 23.7 Å². The molecular weight excluding hydrogens is 338 g/mol. The van der Waals surface area contributed by atoms with Crippen molar-refractivity contribution in [3.05, 3.63) is 24.3 Å². The number of hydrogen-bond donors (Lipinski definition) is 3. The standard InChI is InChI=1S/C22H31N3O2/c26-21(27)24-20-4-2-1-3-19(20)23-18-5-7-25(8-6-18)22-12-15-9-16(13-22)11-17(10-15)14-22/h1-4,15-18,23-24H,5-14H2,(H,26,27). The van der Waals surface area contributed by atoms with Gasteiger partial charge in [0.2, 0.25) is 0 Å². The Labute approximate surface area is 161 Å². The molecule has 1 aromatic rings. The van der Waals surface area contributed by atoms with Crippen molar-refractivity contribution in [1.29, 1.82) is 0 Å². The number of nitrogens with zero attached hydrogens (tertiary/aromatic N) is 1. The van der Waals surface area contributed by atoms with Gasteiger partial charge in [0.15, 0.2) is 0 Å². The van der Waals surface area contributed by atoms with Crippen LogP contribution in [0.25, 0.3) is 0 Å². The van der Waals surface area contributed by atoms with Crippen molar-refractivity contribution >= 4 is 17.5 Å². The lowest BCUT2D eigenvalue weighted by Crippen LogP contribution is -2.62. The number of amides is 1. The van der Waals surface area contributed by atoms with Gasteiger partial charge in [0.1, 0.15) is 0 Å². The number of carbonyl (C=O) groups is 1. The van der Waals surface area contributed by atoms with Gasteiger partial charge in [0.05, 0.1) is 11.4 Å². The van der Waals surface area contributed by atoms with Crippen molar-refractivity contribution in [3.63, 3.8) is 0 Å². The summed E-state index contributed by atoms with van der Waals surface area (Å²) in [6, 6.07) is 8.04. The first-order chi connectivity index (χ1) is 13.1. The molecule has 1 aliphatic heterocycles. The number of nitrogens with one attached hydrogen (secondary N) is 2. The highest BCUT2D eigenvalue weighted by atomic mass is 16.4. The van der Waals surface area contributed by atoms with Crippen LogP contribution in [0.3, 0.4) is 0 Å². The molecule has 0 aromatic heterocycles. The Morgan fingerprint density at radius 3 is 2.07 bits per heavy atom. The summed E-state index contributed by atoms with van der Waals surface area (Å²) in [7, 11) is 0. The van der Waals surface area contributed by atoms with E-state index in [0.29, 0.717) is 17.3 Å². The van der Waals surface area contributed by atoms with Gasteiger partial charge in [-0.1, -0.05) is 12.1 Å². The lowest BCUT2D eigenvalue weighted by Gasteiger charge is -2.61. The molecule has 5 nitrogen and oxygen atoms in total. The van der Waals surface area contributed by atoms with E-state index in [1.54, 1.807) is 0 Å². The van der Waals surface area contributed by atoms with Gasteiger partial charge in [-0.3, -0.25) is 10.2 Å². The summed E-state index contributed by atoms with van der Waals surface area (Å²) in [5, 5.41) is 15.1. The van der Waals surface area contributed by atoms with Gasteiger partial charge in [-0.25, -0.2) is 4.79 Å². The van der Waals surface area contributed by atoms with Crippen LogP contribution in [0.5, 0.6) is 0 Å². The minimum Gasteiger partial charge on any atom is -0.465 e. The molecule has 1 heterocycles. The molecule has 27 heavy (non-hydrogen) atoms. The van der Waals surface area contributed by atoms with E-state index >= 15 is 0 Å². The summed E-state index contributed by atoms with van der Waals surface area (Å²) in [6.07, 6.45) is 10.1. The second-order valence-electron chi connectivity index (χ2n) is 9.52. The van der Waals surface area contributed by atoms with Gasteiger partial charge in [-0.15, -0.1) is 0 Å². The fraction of sp³-hybridized carbons (Fsp3) is 0.682. The summed E-state index contributed by atoms with van der Waals surface area (Å²) < 4.78 is 0. The molecule has 4 aliphatic carbocycles. The van der Waals surface area contributed by atoms with Crippen molar-refractivity contribution in [2.45, 2.75) is 62.9 Å². The molecule has 4 saturated carbocycles. The fourth-order valence-corrected chi connectivity index (χ4v) is 7.00. The third kappa shape index (κ3) is 3.31. The van der Waals surface area contributed by atoms with E-state index in [1.807, 2.05) is 24.3 Å². The van der Waals surface area contributed by atoms with E-state index in [2.05, 4.69) is 15.5 Å². The first-order valence-corrected chi connectivity index (χ1v) is 10.7. The highest BCUT2D eigenvalue weighted by molar-refractivity contribution is 5.88. The number of benzene rings is 1. The molecule has 6 rings (SSSR count). The maximum Gasteiger partial charge on any atom is 0.409 e. The number of likely N-dealkylation sites (tertiary alicyclic amines) is 1. The van der Waals surface area contributed by atoms with Crippen LogP contribution >= 0.6 is 0 Å². The van der Waals surface area contributed by atoms with Crippen LogP contribution in [0, 0.1) is 17.8 Å². The van der Waals surface area contributed by atoms with Crippen molar-refractivity contribution in [2.24, 2.45) is 17.8 Å². The van der Waals surface area contributed by atoms with Gasteiger partial charge >= 0.3 is 6.09 Å². The number of anilines is 2. The lowest BCUT2D eigenvalue weighted by molar-refractivity contribution is -0.0949. The van der Waals surface area contributed by atoms with Crippen LogP contribution in [0.15, 0.2) is 24.3 Å². The molecule has 5 heteroatoms. The predicted molar refractivity (Wildman–Crippen MR) is 107 cm³/mol. The number of piperidine rings is 1. The third-order valence-electron chi connectivity index (χ3n) is 7.70. The largest absolute Gasteiger partial charge is 0.465 e. The molecular formula is C22H31N3O2. The van der Waals surface area contributed by atoms with Crippen LogP contribution < -0.4 is 10.6 Å². The van der Waals surface area contributed by atoms with Crippen molar-refractivity contribution < 1.29 is 9.90 Å². The topological polar surface area (TPSA) is 64.6 Å². The number of hydrogen-bond acceptors (Lipinski definition) is 3. The molecule has 146 valence electrons. The Morgan fingerprint density at radius 1 is 0.963 bits per heavy atom. The predicted octanol–water partition coefficient (Wildman–Crippen LogP) is 4.62. The Balaban J connectivity index is 1.22. The highest BCUT2D eigenvalue weighted by Crippen LogP contribution is 2.58. The van der Waals surface area contributed by atoms with E-state index < -0.39 is 6.09 Å². The molecule has 0 atom stereocenters. The minimum absolute atomic E-state index is 0.423. The molecule has 0 unspecified atom stereocenters. The van der Waals surface area contributed by atoms with Gasteiger partial charge in [-0.2, -0.15) is 0 Å². The summed E-state index contributed by atoms with van der Waals surface area (Å²) in [5.41, 5.74) is 2.06. The normalized spacial score (nSPS) is 35.9. The lowest BCUT2D eigenvalue weighted by atomic mass is 9.52. The average molecular weight is 370 g/mol. The Morgan fingerprint density at radius 2 is 1.52 bits per heavy atom. The van der Waals surface area contributed by atoms with E-state index in [0.717, 1.165) is 36.3 Å². The van der Waals surface area contributed by atoms with E-state index in [4.69, 9.17) is 5.11 Å². The molecule has 4 bridgehead atoms. The van der Waals surface area contributed by atoms with Crippen molar-refractivity contribution in [1.82, 2.24) is 4.90 Å². The Hall–Kier alpha value is -1.75. The SMILES string of the molecule is O=C(O)Nc1ccccc1NC1CCN(C23CC4CC(CC(C4)C2)C3)CC1. The quantitative estimate of drug-likeness (QED) is 0.724. The monoisotopic (exact) mass is 369 g/mol. The van der Waals surface area contributed by atoms with Crippen LogP contribution in [0.1, 0.15) is 51.4 Å². The van der Waals surface area contributed by atoms with Gasteiger partial charge in [0, 0.05) is 24.7 Å². The number of para-hydroxylation sites is 2. The molecule has 1 aromatic carbocycles. The summed E-state index contributed by atoms with van der Waals surface area (Å²) in [4.78, 5) is 13.9. The third-order valence-corrected chi connectivity index (χ3v) is 7.70. The molecule has 5 aliphatic rings. The molecule has 3 N–H and O–H groups in total. The van der Waals surface area contributed by atoms with E-state index in [1.165, 1.54) is 51.6 Å². The first-order valence-electron chi connectivity index (χ1n) is 10.7. The van der Waals surface area contributed by atoms with Crippen molar-refractivity contribution in [3.8, 4) is 0 Å². The summed E-state index contributed by atoms with van der Waals surface area (Å²) >= 11 is 0. The fourth-order valence-electron chi connectivity index (χ4n) is 7.00. The number of rotatable bonds is 4. The summed E-state index contributed by atoms with van der Waals surface area (Å²) in [6.45, 7) is 2.36. The molecule has 5 fully saturated rings. The van der Waals surface area contributed by atoms with Gasteiger partial charge in [-0.05, 0) is 81.3 Å². The average Bonchev–Trinajstić information content (AvgIpc) is 2.62. The highest BCUT2D eigenvalue weighted by Gasteiger charge is 2.53. The Bertz CT molecular complexity index is 676. The smallest absolute Gasteiger partial charge is 0.409 e. The second kappa shape index (κ2) is 6.69. The van der Waals surface area contributed by atoms with Crippen LogP contribution in [-0.2, 0) is 0 Å². The molecule has 1 saturated heterocycles. The first kappa shape index (κ1) is 17.4. The maximum absolute atomic E-state index is 11.0. The zero-order valence-electron chi connectivity index (χ0n) is 16.0. The maximum atomic E-state index is 11.0. The molecule has 1 amide bonds. The molecule has 0 spiro atoms. The van der Waals surface area contributed by atoms with Crippen LogP contribution in [0.2, 0.25) is 0 Å². The zero-order valence-corrected chi connectivity index (χ0v) is 16.0. The van der Waals surface area contributed by atoms with E-state index in [-0.39, 0.29) is 0 Å².